The quantitative estimate of drug-likeness (QED) is 0.786. The number of hydrogen-bond donors (Lipinski definition) is 2. The van der Waals surface area contributed by atoms with Crippen molar-refractivity contribution >= 4 is 29.9 Å². The molecule has 1 fully saturated rings. The van der Waals surface area contributed by atoms with E-state index in [1.54, 1.807) is 12.1 Å². The molecular weight excluding hydrogens is 367 g/mol. The molecule has 1 aromatic heterocycles. The van der Waals surface area contributed by atoms with Gasteiger partial charge in [0.2, 0.25) is 17.6 Å². The van der Waals surface area contributed by atoms with E-state index in [-0.39, 0.29) is 24.4 Å². The van der Waals surface area contributed by atoms with Crippen LogP contribution >= 0.6 is 24.0 Å². The maximum absolute atomic E-state index is 12.0. The molecule has 2 aromatic rings. The van der Waals surface area contributed by atoms with Gasteiger partial charge in [-0.25, -0.2) is 0 Å². The summed E-state index contributed by atoms with van der Waals surface area (Å²) in [5.74, 6) is 0.841. The second-order valence-electron chi connectivity index (χ2n) is 5.62. The molecule has 0 radical (unpaired) electrons. The lowest BCUT2D eigenvalue weighted by Crippen LogP contribution is -2.36. The number of halogens is 2. The van der Waals surface area contributed by atoms with Gasteiger partial charge in [0.25, 0.3) is 0 Å². The molecule has 1 aliphatic heterocycles. The standard InChI is InChI=1S/C16H19ClN4O3.ClH/c17-11-3-1-10(2-4-11)15-20-14(24-21-15)7-8-19-16(22)13-6-5-12(9-18)23-13;/h1-4,12-13H,5-9,18H2,(H,19,22);1H/t12-,13+;/m1./s1. The monoisotopic (exact) mass is 386 g/mol. The number of ether oxygens (including phenoxy) is 1. The molecule has 3 N–H and O–H groups in total. The van der Waals surface area contributed by atoms with Crippen molar-refractivity contribution in [2.24, 2.45) is 5.73 Å². The minimum atomic E-state index is -0.411. The Morgan fingerprint density at radius 2 is 2.08 bits per heavy atom. The van der Waals surface area contributed by atoms with Gasteiger partial charge in [-0.1, -0.05) is 16.8 Å². The van der Waals surface area contributed by atoms with Crippen LogP contribution < -0.4 is 11.1 Å². The summed E-state index contributed by atoms with van der Waals surface area (Å²) in [5.41, 5.74) is 6.36. The normalized spacial score (nSPS) is 19.4. The highest BCUT2D eigenvalue weighted by Crippen LogP contribution is 2.20. The highest BCUT2D eigenvalue weighted by atomic mass is 35.5. The van der Waals surface area contributed by atoms with Crippen LogP contribution in [0, 0.1) is 0 Å². The molecule has 0 saturated carbocycles. The van der Waals surface area contributed by atoms with Crippen molar-refractivity contribution in [1.29, 1.82) is 0 Å². The lowest BCUT2D eigenvalue weighted by molar-refractivity contribution is -0.131. The van der Waals surface area contributed by atoms with Crippen LogP contribution in [-0.4, -0.2) is 41.3 Å². The van der Waals surface area contributed by atoms with Crippen molar-refractivity contribution in [2.45, 2.75) is 31.5 Å². The maximum atomic E-state index is 12.0. The minimum Gasteiger partial charge on any atom is -0.364 e. The first-order valence-electron chi connectivity index (χ1n) is 7.87. The molecule has 1 saturated heterocycles. The highest BCUT2D eigenvalue weighted by molar-refractivity contribution is 6.30. The Morgan fingerprint density at radius 3 is 2.76 bits per heavy atom. The third-order valence-electron chi connectivity index (χ3n) is 3.87. The zero-order chi connectivity index (χ0) is 16.9. The molecule has 2 heterocycles. The number of carbonyl (C=O) groups excluding carboxylic acids is 1. The fourth-order valence-electron chi connectivity index (χ4n) is 2.55. The number of nitrogens with zero attached hydrogens (tertiary/aromatic N) is 2. The van der Waals surface area contributed by atoms with Crippen molar-refractivity contribution in [3.8, 4) is 11.4 Å². The van der Waals surface area contributed by atoms with Crippen LogP contribution in [0.3, 0.4) is 0 Å². The second kappa shape index (κ2) is 9.15. The first-order valence-corrected chi connectivity index (χ1v) is 8.25. The molecule has 0 bridgehead atoms. The number of hydrogen-bond acceptors (Lipinski definition) is 6. The van der Waals surface area contributed by atoms with E-state index in [0.717, 1.165) is 12.0 Å². The van der Waals surface area contributed by atoms with Gasteiger partial charge in [0.05, 0.1) is 6.10 Å². The predicted molar refractivity (Wildman–Crippen MR) is 95.7 cm³/mol. The zero-order valence-electron chi connectivity index (χ0n) is 13.5. The van der Waals surface area contributed by atoms with Gasteiger partial charge in [-0.2, -0.15) is 4.98 Å². The molecule has 0 spiro atoms. The molecule has 2 atom stereocenters. The van der Waals surface area contributed by atoms with Crippen LogP contribution in [0.5, 0.6) is 0 Å². The van der Waals surface area contributed by atoms with Gasteiger partial charge in [0.1, 0.15) is 6.10 Å². The van der Waals surface area contributed by atoms with Crippen LogP contribution in [0.4, 0.5) is 0 Å². The average Bonchev–Trinajstić information content (AvgIpc) is 3.24. The van der Waals surface area contributed by atoms with E-state index in [0.29, 0.717) is 42.7 Å². The van der Waals surface area contributed by atoms with Crippen molar-refractivity contribution in [3.63, 3.8) is 0 Å². The first kappa shape index (κ1) is 19.7. The summed E-state index contributed by atoms with van der Waals surface area (Å²) in [6.07, 6.45) is 1.56. The van der Waals surface area contributed by atoms with Crippen molar-refractivity contribution in [2.75, 3.05) is 13.1 Å². The SMILES string of the molecule is Cl.NC[C@H]1CC[C@@H](C(=O)NCCc2nc(-c3ccc(Cl)cc3)no2)O1. The summed E-state index contributed by atoms with van der Waals surface area (Å²) in [5, 5.41) is 7.41. The van der Waals surface area contributed by atoms with E-state index in [1.165, 1.54) is 0 Å². The zero-order valence-corrected chi connectivity index (χ0v) is 15.1. The highest BCUT2D eigenvalue weighted by Gasteiger charge is 2.29. The van der Waals surface area contributed by atoms with E-state index in [2.05, 4.69) is 15.5 Å². The number of aromatic nitrogens is 2. The lowest BCUT2D eigenvalue weighted by Gasteiger charge is -2.11. The number of amides is 1. The molecule has 25 heavy (non-hydrogen) atoms. The second-order valence-corrected chi connectivity index (χ2v) is 6.06. The molecule has 3 rings (SSSR count). The predicted octanol–water partition coefficient (Wildman–Crippen LogP) is 1.98. The van der Waals surface area contributed by atoms with Gasteiger partial charge in [-0.05, 0) is 37.1 Å². The fraction of sp³-hybridized carbons (Fsp3) is 0.438. The molecule has 1 aliphatic rings. The Morgan fingerprint density at radius 1 is 1.32 bits per heavy atom. The minimum absolute atomic E-state index is 0. The van der Waals surface area contributed by atoms with Crippen LogP contribution in [0.1, 0.15) is 18.7 Å². The molecule has 1 amide bonds. The van der Waals surface area contributed by atoms with Gasteiger partial charge in [0, 0.05) is 30.1 Å². The van der Waals surface area contributed by atoms with Crippen LogP contribution in [0.15, 0.2) is 28.8 Å². The number of nitrogens with two attached hydrogens (primary N) is 1. The number of nitrogens with one attached hydrogen (secondary N) is 1. The Kier molecular flexibility index (Phi) is 7.19. The lowest BCUT2D eigenvalue weighted by atomic mass is 10.2. The largest absolute Gasteiger partial charge is 0.364 e. The van der Waals surface area contributed by atoms with Gasteiger partial charge < -0.3 is 20.3 Å². The molecule has 9 heteroatoms. The molecular formula is C16H20Cl2N4O3. The summed E-state index contributed by atoms with van der Waals surface area (Å²) in [4.78, 5) is 16.3. The molecule has 7 nitrogen and oxygen atoms in total. The van der Waals surface area contributed by atoms with Crippen molar-refractivity contribution in [3.05, 3.63) is 35.2 Å². The summed E-state index contributed by atoms with van der Waals surface area (Å²) in [7, 11) is 0. The third kappa shape index (κ3) is 5.15. The number of rotatable bonds is 6. The Labute approximate surface area is 156 Å². The van der Waals surface area contributed by atoms with E-state index < -0.39 is 6.10 Å². The summed E-state index contributed by atoms with van der Waals surface area (Å²) >= 11 is 5.85. The van der Waals surface area contributed by atoms with Crippen LogP contribution in [0.25, 0.3) is 11.4 Å². The van der Waals surface area contributed by atoms with Gasteiger partial charge in [-0.15, -0.1) is 12.4 Å². The van der Waals surface area contributed by atoms with E-state index in [4.69, 9.17) is 26.6 Å². The third-order valence-corrected chi connectivity index (χ3v) is 4.12. The summed E-state index contributed by atoms with van der Waals surface area (Å²) in [6, 6.07) is 7.18. The molecule has 136 valence electrons. The van der Waals surface area contributed by atoms with Crippen LogP contribution in [-0.2, 0) is 16.0 Å². The fourth-order valence-corrected chi connectivity index (χ4v) is 2.68. The molecule has 0 aliphatic carbocycles. The molecule has 0 unspecified atom stereocenters. The number of benzene rings is 1. The van der Waals surface area contributed by atoms with Gasteiger partial charge in [0.15, 0.2) is 0 Å². The van der Waals surface area contributed by atoms with E-state index in [1.807, 2.05) is 12.1 Å². The van der Waals surface area contributed by atoms with E-state index in [9.17, 15) is 4.79 Å². The van der Waals surface area contributed by atoms with E-state index >= 15 is 0 Å². The van der Waals surface area contributed by atoms with Crippen molar-refractivity contribution in [1.82, 2.24) is 15.5 Å². The maximum Gasteiger partial charge on any atom is 0.249 e. The smallest absolute Gasteiger partial charge is 0.249 e. The van der Waals surface area contributed by atoms with Gasteiger partial charge in [-0.3, -0.25) is 4.79 Å². The van der Waals surface area contributed by atoms with Crippen LogP contribution in [0.2, 0.25) is 5.02 Å². The Hall–Kier alpha value is -1.67. The topological polar surface area (TPSA) is 103 Å². The Bertz CT molecular complexity index is 693. The van der Waals surface area contributed by atoms with Crippen molar-refractivity contribution < 1.29 is 14.1 Å². The van der Waals surface area contributed by atoms with Gasteiger partial charge >= 0.3 is 0 Å². The summed E-state index contributed by atoms with van der Waals surface area (Å²) in [6.45, 7) is 0.855. The average molecular weight is 387 g/mol. The summed E-state index contributed by atoms with van der Waals surface area (Å²) < 4.78 is 10.7. The Balaban J connectivity index is 0.00000225. The first-order chi connectivity index (χ1) is 11.7. The molecule has 1 aromatic carbocycles. The number of carbonyl (C=O) groups is 1.